The molecule has 1 aliphatic rings. The number of hydrogen-bond acceptors (Lipinski definition) is 0. The van der Waals surface area contributed by atoms with Crippen LogP contribution in [0.2, 0.25) is 0 Å². The highest BCUT2D eigenvalue weighted by atomic mass is 15.0. The molecule has 2 atom stereocenters. The van der Waals surface area contributed by atoms with Gasteiger partial charge in [0.1, 0.15) is 0 Å². The van der Waals surface area contributed by atoms with Gasteiger partial charge >= 0.3 is 0 Å². The van der Waals surface area contributed by atoms with Crippen molar-refractivity contribution in [3.63, 3.8) is 0 Å². The van der Waals surface area contributed by atoms with Crippen LogP contribution in [-0.4, -0.2) is 4.57 Å². The minimum Gasteiger partial charge on any atom is -0.310 e. The molecule has 0 spiro atoms. The van der Waals surface area contributed by atoms with Crippen molar-refractivity contribution in [1.29, 1.82) is 0 Å². The Morgan fingerprint density at radius 1 is 1.08 bits per heavy atom. The van der Waals surface area contributed by atoms with E-state index in [-0.39, 0.29) is 0 Å². The fourth-order valence-electron chi connectivity index (χ4n) is 3.64. The molecule has 3 rings (SSSR count). The number of aromatic nitrogens is 1. The van der Waals surface area contributed by atoms with Crippen LogP contribution in [0.25, 0.3) is 28.8 Å². The number of fused-ring (bicyclic) bond motifs is 1. The third-order valence-corrected chi connectivity index (χ3v) is 4.87. The first-order valence-electron chi connectivity index (χ1n) is 9.29. The summed E-state index contributed by atoms with van der Waals surface area (Å²) in [5.74, 6) is 0.856. The third-order valence-electron chi connectivity index (χ3n) is 4.87. The average Bonchev–Trinajstić information content (AvgIpc) is 2.95. The van der Waals surface area contributed by atoms with Crippen LogP contribution in [0.4, 0.5) is 0 Å². The zero-order valence-corrected chi connectivity index (χ0v) is 15.9. The first-order chi connectivity index (χ1) is 12.7. The highest BCUT2D eigenvalue weighted by Crippen LogP contribution is 2.35. The van der Waals surface area contributed by atoms with Crippen molar-refractivity contribution < 1.29 is 0 Å². The van der Waals surface area contributed by atoms with Gasteiger partial charge in [0.25, 0.3) is 0 Å². The lowest BCUT2D eigenvalue weighted by Gasteiger charge is -2.22. The van der Waals surface area contributed by atoms with E-state index in [1.54, 1.807) is 0 Å². The summed E-state index contributed by atoms with van der Waals surface area (Å²) >= 11 is 0. The summed E-state index contributed by atoms with van der Waals surface area (Å²) < 4.78 is 2.38. The molecule has 1 heterocycles. The van der Waals surface area contributed by atoms with Gasteiger partial charge in [-0.1, -0.05) is 80.3 Å². The molecule has 0 saturated heterocycles. The molecular formula is C25H27N. The average molecular weight is 341 g/mol. The Morgan fingerprint density at radius 3 is 2.54 bits per heavy atom. The largest absolute Gasteiger partial charge is 0.310 e. The van der Waals surface area contributed by atoms with E-state index in [9.17, 15) is 0 Å². The predicted octanol–water partition coefficient (Wildman–Crippen LogP) is 7.11. The topological polar surface area (TPSA) is 4.93 Å². The highest BCUT2D eigenvalue weighted by molar-refractivity contribution is 5.97. The summed E-state index contributed by atoms with van der Waals surface area (Å²) in [6, 6.07) is 8.64. The number of allylic oxidation sites excluding steroid dienone is 9. The molecule has 0 N–H and O–H groups in total. The van der Waals surface area contributed by atoms with Gasteiger partial charge in [-0.05, 0) is 38.0 Å². The van der Waals surface area contributed by atoms with Crippen molar-refractivity contribution >= 4 is 28.8 Å². The lowest BCUT2D eigenvalue weighted by molar-refractivity contribution is 0.605. The standard InChI is InChI=1S/C25H27N/c1-5-8-13-20-16-17-21(18-19(20)4)26-24(12-7-3)22(11-6-2)23-14-9-10-15-25(23)26/h5-20H,1H2,2-4H3/b11-6-,12-7-,13-8+/t19?,20-/m0/s1. The molecule has 1 aromatic carbocycles. The molecule has 1 unspecified atom stereocenters. The minimum atomic E-state index is 0.416. The van der Waals surface area contributed by atoms with E-state index in [4.69, 9.17) is 0 Å². The minimum absolute atomic E-state index is 0.416. The van der Waals surface area contributed by atoms with Crippen LogP contribution in [0.5, 0.6) is 0 Å². The predicted molar refractivity (Wildman–Crippen MR) is 117 cm³/mol. The van der Waals surface area contributed by atoms with Crippen molar-refractivity contribution in [2.75, 3.05) is 0 Å². The van der Waals surface area contributed by atoms with Gasteiger partial charge in [0.2, 0.25) is 0 Å². The molecule has 1 nitrogen and oxygen atoms in total. The van der Waals surface area contributed by atoms with Crippen LogP contribution in [0.3, 0.4) is 0 Å². The fourth-order valence-corrected chi connectivity index (χ4v) is 3.64. The summed E-state index contributed by atoms with van der Waals surface area (Å²) in [6.07, 6.45) is 21.6. The van der Waals surface area contributed by atoms with E-state index in [1.807, 2.05) is 12.2 Å². The Hall–Kier alpha value is -2.80. The summed E-state index contributed by atoms with van der Waals surface area (Å²) in [6.45, 7) is 10.2. The Bertz CT molecular complexity index is 944. The molecule has 0 amide bonds. The maximum absolute atomic E-state index is 3.77. The number of para-hydroxylation sites is 1. The van der Waals surface area contributed by atoms with Crippen LogP contribution < -0.4 is 0 Å². The Labute approximate surface area is 157 Å². The third kappa shape index (κ3) is 3.30. The molecule has 1 aromatic heterocycles. The first-order valence-corrected chi connectivity index (χ1v) is 9.29. The molecule has 132 valence electrons. The van der Waals surface area contributed by atoms with Gasteiger partial charge < -0.3 is 4.57 Å². The summed E-state index contributed by atoms with van der Waals surface area (Å²) in [4.78, 5) is 0. The van der Waals surface area contributed by atoms with Gasteiger partial charge in [0, 0.05) is 22.6 Å². The van der Waals surface area contributed by atoms with Crippen LogP contribution in [0.1, 0.15) is 32.0 Å². The zero-order chi connectivity index (χ0) is 18.5. The second-order valence-corrected chi connectivity index (χ2v) is 6.66. The van der Waals surface area contributed by atoms with Crippen LogP contribution in [0, 0.1) is 11.8 Å². The summed E-state index contributed by atoms with van der Waals surface area (Å²) in [5.41, 5.74) is 4.99. The second kappa shape index (κ2) is 8.05. The van der Waals surface area contributed by atoms with E-state index >= 15 is 0 Å². The molecule has 0 fully saturated rings. The van der Waals surface area contributed by atoms with Gasteiger partial charge in [0.15, 0.2) is 0 Å². The highest BCUT2D eigenvalue weighted by Gasteiger charge is 2.19. The van der Waals surface area contributed by atoms with Gasteiger partial charge in [-0.3, -0.25) is 0 Å². The Balaban J connectivity index is 2.19. The van der Waals surface area contributed by atoms with E-state index < -0.39 is 0 Å². The van der Waals surface area contributed by atoms with Crippen molar-refractivity contribution in [3.8, 4) is 0 Å². The van der Waals surface area contributed by atoms with Crippen LogP contribution in [-0.2, 0) is 0 Å². The molecule has 1 heteroatoms. The molecule has 0 radical (unpaired) electrons. The lowest BCUT2D eigenvalue weighted by Crippen LogP contribution is -2.11. The van der Waals surface area contributed by atoms with E-state index in [0.29, 0.717) is 11.8 Å². The smallest absolute Gasteiger partial charge is 0.0540 e. The first kappa shape index (κ1) is 18.0. The van der Waals surface area contributed by atoms with Gasteiger partial charge in [-0.25, -0.2) is 0 Å². The van der Waals surface area contributed by atoms with E-state index in [2.05, 4.69) is 105 Å². The molecular weight excluding hydrogens is 314 g/mol. The number of nitrogens with zero attached hydrogens (tertiary/aromatic N) is 1. The molecule has 2 aromatic rings. The monoisotopic (exact) mass is 341 g/mol. The number of benzene rings is 1. The summed E-state index contributed by atoms with van der Waals surface area (Å²) in [5, 5.41) is 1.29. The van der Waals surface area contributed by atoms with Gasteiger partial charge in [0.05, 0.1) is 11.2 Å². The van der Waals surface area contributed by atoms with Crippen LogP contribution >= 0.6 is 0 Å². The quantitative estimate of drug-likeness (QED) is 0.510. The van der Waals surface area contributed by atoms with E-state index in [0.717, 1.165) is 0 Å². The Morgan fingerprint density at radius 2 is 1.85 bits per heavy atom. The maximum atomic E-state index is 3.77. The molecule has 26 heavy (non-hydrogen) atoms. The van der Waals surface area contributed by atoms with Crippen molar-refractivity contribution in [2.24, 2.45) is 11.8 Å². The van der Waals surface area contributed by atoms with E-state index in [1.165, 1.54) is 27.9 Å². The molecule has 1 aliphatic carbocycles. The summed E-state index contributed by atoms with van der Waals surface area (Å²) in [7, 11) is 0. The maximum Gasteiger partial charge on any atom is 0.0540 e. The molecule has 0 saturated carbocycles. The normalized spacial score (nSPS) is 20.7. The molecule has 0 aliphatic heterocycles. The van der Waals surface area contributed by atoms with Crippen molar-refractivity contribution in [1.82, 2.24) is 4.57 Å². The van der Waals surface area contributed by atoms with Crippen molar-refractivity contribution in [3.05, 3.63) is 90.7 Å². The van der Waals surface area contributed by atoms with Gasteiger partial charge in [-0.2, -0.15) is 0 Å². The lowest BCUT2D eigenvalue weighted by atomic mass is 9.88. The second-order valence-electron chi connectivity index (χ2n) is 6.66. The fraction of sp³-hybridized carbons (Fsp3) is 0.200. The number of rotatable bonds is 5. The molecule has 0 bridgehead atoms. The van der Waals surface area contributed by atoms with Gasteiger partial charge in [-0.15, -0.1) is 0 Å². The van der Waals surface area contributed by atoms with Crippen LogP contribution in [0.15, 0.2) is 79.5 Å². The SMILES string of the molecule is C=C/C=C/[C@H]1C=CC(n2c(/C=C\C)c(/C=C\C)c3ccccc32)=CC1C. The Kier molecular flexibility index (Phi) is 5.58. The number of hydrogen-bond donors (Lipinski definition) is 0. The zero-order valence-electron chi connectivity index (χ0n) is 15.9. The van der Waals surface area contributed by atoms with Crippen molar-refractivity contribution in [2.45, 2.75) is 20.8 Å².